The molecule has 2 heteroatoms. The van der Waals surface area contributed by atoms with E-state index in [4.69, 9.17) is 0 Å². The summed E-state index contributed by atoms with van der Waals surface area (Å²) in [5, 5.41) is 0. The molecular formula is C17H26FN. The van der Waals surface area contributed by atoms with E-state index in [-0.39, 0.29) is 11.7 Å². The van der Waals surface area contributed by atoms with Crippen LogP contribution in [-0.4, -0.2) is 24.0 Å². The largest absolute Gasteiger partial charge is 0.300 e. The molecule has 19 heavy (non-hydrogen) atoms. The van der Waals surface area contributed by atoms with Gasteiger partial charge in [0.25, 0.3) is 0 Å². The molecule has 0 bridgehead atoms. The lowest BCUT2D eigenvalue weighted by atomic mass is 9.84. The SMILES string of the molecule is C=C/C=C\C=C(/F)C1CCC(N2CCC(C)C2)CC1. The summed E-state index contributed by atoms with van der Waals surface area (Å²) in [6.07, 6.45) is 12.4. The Hall–Kier alpha value is -0.890. The third-order valence-corrected chi connectivity index (χ3v) is 4.56. The van der Waals surface area contributed by atoms with Crippen LogP contribution in [-0.2, 0) is 0 Å². The molecule has 1 aliphatic carbocycles. The Morgan fingerprint density at radius 2 is 1.89 bits per heavy atom. The van der Waals surface area contributed by atoms with Crippen molar-refractivity contribution in [3.8, 4) is 0 Å². The number of allylic oxidation sites excluding steroid dienone is 5. The van der Waals surface area contributed by atoms with Gasteiger partial charge in [0.2, 0.25) is 0 Å². The van der Waals surface area contributed by atoms with Gasteiger partial charge in [0, 0.05) is 18.5 Å². The minimum absolute atomic E-state index is 0.0475. The van der Waals surface area contributed by atoms with Gasteiger partial charge in [-0.15, -0.1) is 0 Å². The second-order valence-electron chi connectivity index (χ2n) is 6.07. The van der Waals surface area contributed by atoms with Crippen molar-refractivity contribution in [3.63, 3.8) is 0 Å². The summed E-state index contributed by atoms with van der Waals surface area (Å²) in [4.78, 5) is 2.63. The minimum Gasteiger partial charge on any atom is -0.300 e. The average Bonchev–Trinajstić information content (AvgIpc) is 2.86. The zero-order chi connectivity index (χ0) is 13.7. The molecule has 0 amide bonds. The molecule has 1 saturated heterocycles. The van der Waals surface area contributed by atoms with E-state index in [1.54, 1.807) is 24.3 Å². The summed E-state index contributed by atoms with van der Waals surface area (Å²) in [7, 11) is 0. The molecule has 0 aromatic carbocycles. The van der Waals surface area contributed by atoms with Crippen LogP contribution in [0.2, 0.25) is 0 Å². The van der Waals surface area contributed by atoms with E-state index < -0.39 is 0 Å². The highest BCUT2D eigenvalue weighted by Gasteiger charge is 2.30. The molecule has 1 saturated carbocycles. The molecule has 0 N–H and O–H groups in total. The molecule has 0 aromatic heterocycles. The van der Waals surface area contributed by atoms with Gasteiger partial charge in [-0.05, 0) is 50.6 Å². The van der Waals surface area contributed by atoms with Gasteiger partial charge in [0.15, 0.2) is 0 Å². The van der Waals surface area contributed by atoms with Gasteiger partial charge in [-0.3, -0.25) is 0 Å². The lowest BCUT2D eigenvalue weighted by Gasteiger charge is -2.34. The fraction of sp³-hybridized carbons (Fsp3) is 0.647. The van der Waals surface area contributed by atoms with E-state index in [0.29, 0.717) is 6.04 Å². The van der Waals surface area contributed by atoms with Crippen LogP contribution < -0.4 is 0 Å². The number of nitrogens with zero attached hydrogens (tertiary/aromatic N) is 1. The van der Waals surface area contributed by atoms with Crippen LogP contribution in [0.1, 0.15) is 39.0 Å². The first-order valence-electron chi connectivity index (χ1n) is 7.59. The fourth-order valence-corrected chi connectivity index (χ4v) is 3.38. The lowest BCUT2D eigenvalue weighted by Crippen LogP contribution is -2.36. The first-order chi connectivity index (χ1) is 9.20. The summed E-state index contributed by atoms with van der Waals surface area (Å²) in [5.74, 6) is 1.04. The predicted molar refractivity (Wildman–Crippen MR) is 79.6 cm³/mol. The Morgan fingerprint density at radius 3 is 2.47 bits per heavy atom. The van der Waals surface area contributed by atoms with Crippen molar-refractivity contribution < 1.29 is 4.39 Å². The van der Waals surface area contributed by atoms with Gasteiger partial charge in [0.1, 0.15) is 5.83 Å². The quantitative estimate of drug-likeness (QED) is 0.676. The standard InChI is InChI=1S/C17H26FN/c1-3-4-5-6-17(18)15-7-9-16(10-8-15)19-12-11-14(2)13-19/h3-6,14-16H,1,7-13H2,2H3/b5-4-,17-6-. The fourth-order valence-electron chi connectivity index (χ4n) is 3.38. The highest BCUT2D eigenvalue weighted by atomic mass is 19.1. The van der Waals surface area contributed by atoms with Crippen molar-refractivity contribution >= 4 is 0 Å². The zero-order valence-corrected chi connectivity index (χ0v) is 12.0. The molecule has 0 aromatic rings. The number of hydrogen-bond acceptors (Lipinski definition) is 1. The molecule has 1 unspecified atom stereocenters. The third-order valence-electron chi connectivity index (χ3n) is 4.56. The van der Waals surface area contributed by atoms with Gasteiger partial charge < -0.3 is 4.90 Å². The Labute approximate surface area is 116 Å². The molecule has 1 nitrogen and oxygen atoms in total. The van der Waals surface area contributed by atoms with Crippen LogP contribution in [0.5, 0.6) is 0 Å². The number of rotatable bonds is 4. The second-order valence-corrected chi connectivity index (χ2v) is 6.07. The maximum atomic E-state index is 13.9. The topological polar surface area (TPSA) is 3.24 Å². The van der Waals surface area contributed by atoms with E-state index >= 15 is 0 Å². The van der Waals surface area contributed by atoms with E-state index in [9.17, 15) is 4.39 Å². The van der Waals surface area contributed by atoms with E-state index in [0.717, 1.165) is 31.6 Å². The van der Waals surface area contributed by atoms with E-state index in [1.807, 2.05) is 0 Å². The average molecular weight is 263 g/mol. The van der Waals surface area contributed by atoms with Gasteiger partial charge in [-0.1, -0.05) is 31.7 Å². The monoisotopic (exact) mass is 263 g/mol. The van der Waals surface area contributed by atoms with E-state index in [2.05, 4.69) is 18.4 Å². The normalized spacial score (nSPS) is 34.0. The van der Waals surface area contributed by atoms with Crippen LogP contribution in [0.4, 0.5) is 4.39 Å². The Morgan fingerprint density at radius 1 is 1.16 bits per heavy atom. The highest BCUT2D eigenvalue weighted by molar-refractivity contribution is 5.14. The van der Waals surface area contributed by atoms with Gasteiger partial charge >= 0.3 is 0 Å². The van der Waals surface area contributed by atoms with Crippen LogP contribution in [0.15, 0.2) is 36.7 Å². The molecule has 2 fully saturated rings. The van der Waals surface area contributed by atoms with E-state index in [1.165, 1.54) is 19.5 Å². The maximum absolute atomic E-state index is 13.9. The Kier molecular flexibility index (Phi) is 5.38. The lowest BCUT2D eigenvalue weighted by molar-refractivity contribution is 0.163. The number of hydrogen-bond donors (Lipinski definition) is 0. The maximum Gasteiger partial charge on any atom is 0.103 e. The van der Waals surface area contributed by atoms with Crippen molar-refractivity contribution in [2.45, 2.75) is 45.1 Å². The molecule has 1 heterocycles. The first kappa shape index (κ1) is 14.5. The summed E-state index contributed by atoms with van der Waals surface area (Å²) in [6, 6.07) is 0.706. The number of halogens is 1. The Balaban J connectivity index is 1.80. The molecule has 1 aliphatic heterocycles. The van der Waals surface area contributed by atoms with Crippen LogP contribution in [0.3, 0.4) is 0 Å². The third kappa shape index (κ3) is 4.04. The Bertz CT molecular complexity index is 350. The second kappa shape index (κ2) is 7.04. The van der Waals surface area contributed by atoms with Crippen molar-refractivity contribution in [3.05, 3.63) is 36.7 Å². The van der Waals surface area contributed by atoms with Crippen molar-refractivity contribution in [2.24, 2.45) is 11.8 Å². The van der Waals surface area contributed by atoms with Crippen LogP contribution >= 0.6 is 0 Å². The molecular weight excluding hydrogens is 237 g/mol. The number of likely N-dealkylation sites (tertiary alicyclic amines) is 1. The van der Waals surface area contributed by atoms with Crippen LogP contribution in [0, 0.1) is 11.8 Å². The van der Waals surface area contributed by atoms with Crippen molar-refractivity contribution in [2.75, 3.05) is 13.1 Å². The molecule has 1 atom stereocenters. The highest BCUT2D eigenvalue weighted by Crippen LogP contribution is 2.34. The molecule has 2 aliphatic rings. The van der Waals surface area contributed by atoms with Crippen molar-refractivity contribution in [1.29, 1.82) is 0 Å². The first-order valence-corrected chi connectivity index (χ1v) is 7.59. The van der Waals surface area contributed by atoms with Crippen LogP contribution in [0.25, 0.3) is 0 Å². The molecule has 0 radical (unpaired) electrons. The minimum atomic E-state index is 0.0475. The van der Waals surface area contributed by atoms with Gasteiger partial charge in [-0.25, -0.2) is 4.39 Å². The summed E-state index contributed by atoms with van der Waals surface area (Å²) < 4.78 is 13.9. The zero-order valence-electron chi connectivity index (χ0n) is 12.0. The molecule has 2 rings (SSSR count). The van der Waals surface area contributed by atoms with Crippen molar-refractivity contribution in [1.82, 2.24) is 4.90 Å². The molecule has 0 spiro atoms. The summed E-state index contributed by atoms with van der Waals surface area (Å²) in [6.45, 7) is 8.41. The summed E-state index contributed by atoms with van der Waals surface area (Å²) in [5.41, 5.74) is 0. The van der Waals surface area contributed by atoms with Gasteiger partial charge in [-0.2, -0.15) is 0 Å². The van der Waals surface area contributed by atoms with Gasteiger partial charge in [0.05, 0.1) is 0 Å². The molecule has 106 valence electrons. The smallest absolute Gasteiger partial charge is 0.103 e. The summed E-state index contributed by atoms with van der Waals surface area (Å²) >= 11 is 0. The predicted octanol–water partition coefficient (Wildman–Crippen LogP) is 4.48.